The summed E-state index contributed by atoms with van der Waals surface area (Å²) in [5, 5.41) is 0. The first-order chi connectivity index (χ1) is 10.5. The minimum absolute atomic E-state index is 0.0494. The van der Waals surface area contributed by atoms with Gasteiger partial charge in [0.25, 0.3) is 0 Å². The monoisotopic (exact) mass is 304 g/mol. The predicted octanol–water partition coefficient (Wildman–Crippen LogP) is 2.53. The molecule has 2 N–H and O–H groups in total. The van der Waals surface area contributed by atoms with E-state index < -0.39 is 5.91 Å². The topological polar surface area (TPSA) is 76.5 Å². The van der Waals surface area contributed by atoms with Crippen LogP contribution in [0, 0.1) is 5.92 Å². The van der Waals surface area contributed by atoms with Crippen LogP contribution in [-0.4, -0.2) is 29.8 Å². The number of rotatable bonds is 8. The van der Waals surface area contributed by atoms with Crippen molar-refractivity contribution >= 4 is 17.9 Å². The van der Waals surface area contributed by atoms with Gasteiger partial charge in [0.2, 0.25) is 11.8 Å². The Kier molecular flexibility index (Phi) is 5.41. The summed E-state index contributed by atoms with van der Waals surface area (Å²) in [6.07, 6.45) is 6.06. The maximum atomic E-state index is 12.2. The van der Waals surface area contributed by atoms with Crippen molar-refractivity contribution in [2.24, 2.45) is 11.7 Å². The van der Waals surface area contributed by atoms with E-state index in [0.29, 0.717) is 24.1 Å². The third-order valence-corrected chi connectivity index (χ3v) is 3.95. The molecule has 2 amide bonds. The SMILES string of the molecule is CCCCN(CC(N)=O)C(=O)/C=C/c1ccc(C2CC2C)o1. The molecule has 1 aromatic heterocycles. The summed E-state index contributed by atoms with van der Waals surface area (Å²) >= 11 is 0. The van der Waals surface area contributed by atoms with E-state index in [2.05, 4.69) is 6.92 Å². The summed E-state index contributed by atoms with van der Waals surface area (Å²) in [6, 6.07) is 3.84. The molecule has 1 aliphatic carbocycles. The molecule has 1 heterocycles. The van der Waals surface area contributed by atoms with Gasteiger partial charge >= 0.3 is 0 Å². The Morgan fingerprint density at radius 2 is 2.18 bits per heavy atom. The highest BCUT2D eigenvalue weighted by Crippen LogP contribution is 2.47. The molecule has 2 rings (SSSR count). The molecule has 1 aromatic rings. The van der Waals surface area contributed by atoms with Gasteiger partial charge in [-0.2, -0.15) is 0 Å². The first kappa shape index (κ1) is 16.3. The van der Waals surface area contributed by atoms with Crippen LogP contribution in [0.4, 0.5) is 0 Å². The van der Waals surface area contributed by atoms with E-state index in [0.717, 1.165) is 18.6 Å². The second-order valence-corrected chi connectivity index (χ2v) is 5.97. The van der Waals surface area contributed by atoms with Gasteiger partial charge in [-0.15, -0.1) is 0 Å². The van der Waals surface area contributed by atoms with Crippen molar-refractivity contribution in [3.8, 4) is 0 Å². The number of carbonyl (C=O) groups is 2. The molecule has 2 atom stereocenters. The summed E-state index contributed by atoms with van der Waals surface area (Å²) in [6.45, 7) is 4.71. The average molecular weight is 304 g/mol. The van der Waals surface area contributed by atoms with Crippen LogP contribution < -0.4 is 5.73 Å². The Morgan fingerprint density at radius 1 is 1.45 bits per heavy atom. The maximum absolute atomic E-state index is 12.2. The average Bonchev–Trinajstić information content (AvgIpc) is 3.01. The van der Waals surface area contributed by atoms with Crippen LogP contribution >= 0.6 is 0 Å². The zero-order valence-corrected chi connectivity index (χ0v) is 13.2. The Balaban J connectivity index is 1.95. The van der Waals surface area contributed by atoms with Gasteiger partial charge in [-0.25, -0.2) is 0 Å². The van der Waals surface area contributed by atoms with Crippen LogP contribution in [0.5, 0.6) is 0 Å². The highest BCUT2D eigenvalue weighted by atomic mass is 16.3. The van der Waals surface area contributed by atoms with E-state index in [1.807, 2.05) is 19.1 Å². The second kappa shape index (κ2) is 7.29. The van der Waals surface area contributed by atoms with Crippen LogP contribution in [-0.2, 0) is 9.59 Å². The number of amides is 2. The molecule has 5 nitrogen and oxygen atoms in total. The summed E-state index contributed by atoms with van der Waals surface area (Å²) in [4.78, 5) is 24.7. The first-order valence-electron chi connectivity index (χ1n) is 7.86. The molecule has 0 spiro atoms. The number of hydrogen-bond acceptors (Lipinski definition) is 3. The fourth-order valence-corrected chi connectivity index (χ4v) is 2.44. The lowest BCUT2D eigenvalue weighted by molar-refractivity contribution is -0.131. The van der Waals surface area contributed by atoms with Crippen LogP contribution in [0.3, 0.4) is 0 Å². The molecule has 1 aliphatic rings. The van der Waals surface area contributed by atoms with Gasteiger partial charge in [-0.1, -0.05) is 20.3 Å². The Bertz CT molecular complexity index is 562. The molecule has 2 unspecified atom stereocenters. The zero-order valence-electron chi connectivity index (χ0n) is 13.2. The van der Waals surface area contributed by atoms with Crippen LogP contribution in [0.2, 0.25) is 0 Å². The molecular weight excluding hydrogens is 280 g/mol. The van der Waals surface area contributed by atoms with Crippen LogP contribution in [0.15, 0.2) is 22.6 Å². The van der Waals surface area contributed by atoms with Gasteiger partial charge in [0, 0.05) is 18.5 Å². The van der Waals surface area contributed by atoms with Gasteiger partial charge in [0.05, 0.1) is 6.54 Å². The van der Waals surface area contributed by atoms with Crippen molar-refractivity contribution in [2.75, 3.05) is 13.1 Å². The molecule has 0 aliphatic heterocycles. The number of furan rings is 1. The minimum Gasteiger partial charge on any atom is -0.461 e. The molecule has 1 fully saturated rings. The fourth-order valence-electron chi connectivity index (χ4n) is 2.44. The lowest BCUT2D eigenvalue weighted by atomic mass is 10.2. The molecule has 1 saturated carbocycles. The van der Waals surface area contributed by atoms with Gasteiger partial charge < -0.3 is 15.1 Å². The van der Waals surface area contributed by atoms with Crippen molar-refractivity contribution < 1.29 is 14.0 Å². The van der Waals surface area contributed by atoms with Crippen LogP contribution in [0.1, 0.15) is 50.5 Å². The van der Waals surface area contributed by atoms with E-state index >= 15 is 0 Å². The number of primary amides is 1. The summed E-state index contributed by atoms with van der Waals surface area (Å²) < 4.78 is 5.72. The van der Waals surface area contributed by atoms with Gasteiger partial charge in [-0.3, -0.25) is 9.59 Å². The smallest absolute Gasteiger partial charge is 0.247 e. The van der Waals surface area contributed by atoms with Gasteiger partial charge in [-0.05, 0) is 37.0 Å². The molecule has 0 bridgehead atoms. The summed E-state index contributed by atoms with van der Waals surface area (Å²) in [7, 11) is 0. The Hall–Kier alpha value is -2.04. The maximum Gasteiger partial charge on any atom is 0.247 e. The van der Waals surface area contributed by atoms with E-state index in [1.165, 1.54) is 17.4 Å². The van der Waals surface area contributed by atoms with Crippen molar-refractivity contribution in [1.29, 1.82) is 0 Å². The fraction of sp³-hybridized carbons (Fsp3) is 0.529. The lowest BCUT2D eigenvalue weighted by Gasteiger charge is -2.18. The zero-order chi connectivity index (χ0) is 16.1. The van der Waals surface area contributed by atoms with E-state index in [1.54, 1.807) is 6.08 Å². The molecule has 0 radical (unpaired) electrons. The van der Waals surface area contributed by atoms with E-state index in [4.69, 9.17) is 10.2 Å². The minimum atomic E-state index is -0.499. The third kappa shape index (κ3) is 4.48. The largest absolute Gasteiger partial charge is 0.461 e. The molecule has 22 heavy (non-hydrogen) atoms. The van der Waals surface area contributed by atoms with E-state index in [9.17, 15) is 9.59 Å². The van der Waals surface area contributed by atoms with Crippen LogP contribution in [0.25, 0.3) is 6.08 Å². The summed E-state index contributed by atoms with van der Waals surface area (Å²) in [5.74, 6) is 2.14. The number of unbranched alkanes of at least 4 members (excludes halogenated alkanes) is 1. The summed E-state index contributed by atoms with van der Waals surface area (Å²) in [5.41, 5.74) is 5.19. The standard InChI is InChI=1S/C17H24N2O3/c1-3-4-9-19(11-16(18)20)17(21)8-6-13-5-7-15(22-13)14-10-12(14)2/h5-8,12,14H,3-4,9-11H2,1-2H3,(H2,18,20)/b8-6+. The number of hydrogen-bond donors (Lipinski definition) is 1. The normalized spacial score (nSPS) is 20.3. The first-order valence-corrected chi connectivity index (χ1v) is 7.86. The van der Waals surface area contributed by atoms with Gasteiger partial charge in [0.1, 0.15) is 11.5 Å². The van der Waals surface area contributed by atoms with Gasteiger partial charge in [0.15, 0.2) is 0 Å². The number of nitrogens with zero attached hydrogens (tertiary/aromatic N) is 1. The Labute approximate surface area is 131 Å². The highest BCUT2D eigenvalue weighted by Gasteiger charge is 2.36. The molecular formula is C17H24N2O3. The van der Waals surface area contributed by atoms with Crippen molar-refractivity contribution in [3.63, 3.8) is 0 Å². The molecule has 0 saturated heterocycles. The number of nitrogens with two attached hydrogens (primary N) is 1. The van der Waals surface area contributed by atoms with Crippen molar-refractivity contribution in [3.05, 3.63) is 29.7 Å². The Morgan fingerprint density at radius 3 is 2.77 bits per heavy atom. The molecule has 120 valence electrons. The predicted molar refractivity (Wildman–Crippen MR) is 84.9 cm³/mol. The third-order valence-electron chi connectivity index (χ3n) is 3.95. The highest BCUT2D eigenvalue weighted by molar-refractivity contribution is 5.93. The van der Waals surface area contributed by atoms with Crippen molar-refractivity contribution in [2.45, 2.75) is 39.0 Å². The number of carbonyl (C=O) groups excluding carboxylic acids is 2. The second-order valence-electron chi connectivity index (χ2n) is 5.97. The quantitative estimate of drug-likeness (QED) is 0.750. The van der Waals surface area contributed by atoms with Crippen molar-refractivity contribution in [1.82, 2.24) is 4.90 Å². The molecule has 0 aromatic carbocycles. The molecule has 5 heteroatoms. The lowest BCUT2D eigenvalue weighted by Crippen LogP contribution is -2.38. The van der Waals surface area contributed by atoms with E-state index in [-0.39, 0.29) is 12.5 Å².